The number of nitrogens with zero attached hydrogens (tertiary/aromatic N) is 2. The number of hydrogen-bond acceptors (Lipinski definition) is 3. The summed E-state index contributed by atoms with van der Waals surface area (Å²) in [4.78, 5) is 28.1. The number of aryl methyl sites for hydroxylation is 1. The van der Waals surface area contributed by atoms with Crippen LogP contribution in [0.5, 0.6) is 5.75 Å². The quantitative estimate of drug-likeness (QED) is 0.687. The number of nitrogens with one attached hydrogen (secondary N) is 1. The first-order valence-corrected chi connectivity index (χ1v) is 10.9. The van der Waals surface area contributed by atoms with Gasteiger partial charge < -0.3 is 19.5 Å². The van der Waals surface area contributed by atoms with Crippen LogP contribution in [0.25, 0.3) is 10.9 Å². The van der Waals surface area contributed by atoms with Crippen molar-refractivity contribution in [2.75, 3.05) is 13.7 Å². The Labute approximate surface area is 181 Å². The van der Waals surface area contributed by atoms with Gasteiger partial charge >= 0.3 is 0 Å². The molecule has 2 aromatic carbocycles. The lowest BCUT2D eigenvalue weighted by Crippen LogP contribution is -2.43. The Bertz CT molecular complexity index is 1140. The van der Waals surface area contributed by atoms with Gasteiger partial charge in [-0.05, 0) is 36.6 Å². The van der Waals surface area contributed by atoms with Crippen LogP contribution in [-0.4, -0.2) is 41.0 Å². The summed E-state index contributed by atoms with van der Waals surface area (Å²) < 4.78 is 7.27. The molecule has 1 fully saturated rings. The zero-order valence-corrected chi connectivity index (χ0v) is 17.9. The molecule has 1 aromatic heterocycles. The van der Waals surface area contributed by atoms with Gasteiger partial charge in [-0.2, -0.15) is 0 Å². The molecule has 3 aromatic rings. The molecule has 0 unspecified atom stereocenters. The summed E-state index contributed by atoms with van der Waals surface area (Å²) in [6.45, 7) is 0.0506. The van der Waals surface area contributed by atoms with Gasteiger partial charge in [0.2, 0.25) is 5.91 Å². The lowest BCUT2D eigenvalue weighted by Gasteiger charge is -2.26. The van der Waals surface area contributed by atoms with Crippen molar-refractivity contribution in [1.29, 1.82) is 0 Å². The highest BCUT2D eigenvalue weighted by atomic mass is 16.5. The predicted molar refractivity (Wildman–Crippen MR) is 119 cm³/mol. The molecule has 6 nitrogen and oxygen atoms in total. The number of para-hydroxylation sites is 1. The van der Waals surface area contributed by atoms with Gasteiger partial charge in [-0.1, -0.05) is 43.2 Å². The average molecular weight is 418 g/mol. The summed E-state index contributed by atoms with van der Waals surface area (Å²) >= 11 is 0. The minimum absolute atomic E-state index is 0.0506. The number of benzene rings is 2. The maximum atomic E-state index is 13.6. The van der Waals surface area contributed by atoms with Crippen LogP contribution in [0.4, 0.5) is 0 Å². The van der Waals surface area contributed by atoms with E-state index in [-0.39, 0.29) is 30.4 Å². The van der Waals surface area contributed by atoms with E-state index in [4.69, 9.17) is 4.74 Å². The van der Waals surface area contributed by atoms with E-state index in [0.717, 1.165) is 53.5 Å². The van der Waals surface area contributed by atoms with E-state index in [2.05, 4.69) is 11.4 Å². The standard InChI is InChI=1S/C25H27N3O3/c1-27-20-10-6-5-9-19(20)22-23(16-11-13-18(31-2)14-12-16)28(25(30)24(22)27)15-21(29)26-17-7-3-4-8-17/h5-6,9-14,17,23H,3-4,7-8,15H2,1-2H3,(H,26,29)/t23-/m0/s1. The molecule has 1 aliphatic carbocycles. The lowest BCUT2D eigenvalue weighted by molar-refractivity contribution is -0.122. The number of carbonyl (C=O) groups excluding carboxylic acids is 2. The third kappa shape index (κ3) is 3.26. The van der Waals surface area contributed by atoms with Crippen molar-refractivity contribution in [1.82, 2.24) is 14.8 Å². The Morgan fingerprint density at radius 1 is 1.10 bits per heavy atom. The first-order chi connectivity index (χ1) is 15.1. The van der Waals surface area contributed by atoms with Gasteiger partial charge in [0.25, 0.3) is 5.91 Å². The summed E-state index contributed by atoms with van der Waals surface area (Å²) in [6.07, 6.45) is 4.35. The van der Waals surface area contributed by atoms with Crippen LogP contribution in [0.15, 0.2) is 48.5 Å². The second kappa shape index (κ2) is 7.76. The molecule has 1 aliphatic heterocycles. The average Bonchev–Trinajstić information content (AvgIpc) is 3.47. The van der Waals surface area contributed by atoms with Gasteiger partial charge in [-0.25, -0.2) is 0 Å². The second-order valence-electron chi connectivity index (χ2n) is 8.50. The summed E-state index contributed by atoms with van der Waals surface area (Å²) in [5.74, 6) is 0.573. The number of hydrogen-bond donors (Lipinski definition) is 1. The van der Waals surface area contributed by atoms with E-state index in [0.29, 0.717) is 5.69 Å². The first-order valence-electron chi connectivity index (χ1n) is 10.9. The van der Waals surface area contributed by atoms with Crippen molar-refractivity contribution >= 4 is 22.7 Å². The van der Waals surface area contributed by atoms with Crippen molar-refractivity contribution in [3.05, 3.63) is 65.4 Å². The fourth-order valence-corrected chi connectivity index (χ4v) is 5.16. The zero-order valence-electron chi connectivity index (χ0n) is 17.9. The van der Waals surface area contributed by atoms with Crippen LogP contribution >= 0.6 is 0 Å². The van der Waals surface area contributed by atoms with E-state index in [1.165, 1.54) is 0 Å². The molecule has 1 N–H and O–H groups in total. The minimum atomic E-state index is -0.311. The number of fused-ring (bicyclic) bond motifs is 3. The van der Waals surface area contributed by atoms with Gasteiger partial charge in [0.05, 0.1) is 13.2 Å². The zero-order chi connectivity index (χ0) is 21.5. The molecule has 0 saturated heterocycles. The molecular weight excluding hydrogens is 390 g/mol. The van der Waals surface area contributed by atoms with Crippen LogP contribution in [0.2, 0.25) is 0 Å². The van der Waals surface area contributed by atoms with Gasteiger partial charge in [-0.15, -0.1) is 0 Å². The maximum absolute atomic E-state index is 13.6. The number of aromatic nitrogens is 1. The highest BCUT2D eigenvalue weighted by Gasteiger charge is 2.42. The number of amides is 2. The Morgan fingerprint density at radius 3 is 2.52 bits per heavy atom. The van der Waals surface area contributed by atoms with Crippen LogP contribution in [-0.2, 0) is 11.8 Å². The molecule has 1 saturated carbocycles. The Morgan fingerprint density at radius 2 is 1.81 bits per heavy atom. The normalized spacial score (nSPS) is 18.6. The van der Waals surface area contributed by atoms with E-state index in [9.17, 15) is 9.59 Å². The number of methoxy groups -OCH3 is 1. The molecule has 2 heterocycles. The van der Waals surface area contributed by atoms with Gasteiger partial charge in [0.15, 0.2) is 0 Å². The first kappa shape index (κ1) is 19.7. The lowest BCUT2D eigenvalue weighted by atomic mass is 9.98. The highest BCUT2D eigenvalue weighted by molar-refractivity contribution is 6.07. The maximum Gasteiger partial charge on any atom is 0.272 e. The molecular formula is C25H27N3O3. The molecule has 6 heteroatoms. The monoisotopic (exact) mass is 417 g/mol. The molecule has 0 spiro atoms. The second-order valence-corrected chi connectivity index (χ2v) is 8.50. The number of rotatable bonds is 5. The van der Waals surface area contributed by atoms with Gasteiger partial charge in [0.1, 0.15) is 18.0 Å². The van der Waals surface area contributed by atoms with Crippen molar-refractivity contribution in [2.24, 2.45) is 7.05 Å². The van der Waals surface area contributed by atoms with Crippen molar-refractivity contribution in [2.45, 2.75) is 37.8 Å². The van der Waals surface area contributed by atoms with Gasteiger partial charge in [0, 0.05) is 29.6 Å². The predicted octanol–water partition coefficient (Wildman–Crippen LogP) is 3.79. The fourth-order valence-electron chi connectivity index (χ4n) is 5.16. The molecule has 160 valence electrons. The van der Waals surface area contributed by atoms with Gasteiger partial charge in [-0.3, -0.25) is 9.59 Å². The van der Waals surface area contributed by atoms with Crippen LogP contribution in [0.1, 0.15) is 53.3 Å². The Balaban J connectivity index is 1.56. The molecule has 2 aliphatic rings. The molecule has 1 atom stereocenters. The SMILES string of the molecule is COc1ccc([C@H]2c3c(n(C)c4ccccc34)C(=O)N2CC(=O)NC2CCCC2)cc1. The smallest absolute Gasteiger partial charge is 0.272 e. The van der Waals surface area contributed by atoms with Crippen molar-refractivity contribution < 1.29 is 14.3 Å². The summed E-state index contributed by atoms with van der Waals surface area (Å²) in [7, 11) is 3.56. The summed E-state index contributed by atoms with van der Waals surface area (Å²) in [5, 5.41) is 4.18. The highest BCUT2D eigenvalue weighted by Crippen LogP contribution is 2.44. The van der Waals surface area contributed by atoms with E-state index in [1.54, 1.807) is 12.0 Å². The van der Waals surface area contributed by atoms with Crippen molar-refractivity contribution in [3.8, 4) is 5.75 Å². The largest absolute Gasteiger partial charge is 0.497 e. The Kier molecular flexibility index (Phi) is 4.93. The third-order valence-corrected chi connectivity index (χ3v) is 6.66. The fraction of sp³-hybridized carbons (Fsp3) is 0.360. The minimum Gasteiger partial charge on any atom is -0.497 e. The molecule has 5 rings (SSSR count). The number of carbonyl (C=O) groups is 2. The third-order valence-electron chi connectivity index (χ3n) is 6.66. The van der Waals surface area contributed by atoms with Crippen LogP contribution in [0, 0.1) is 0 Å². The molecule has 0 bridgehead atoms. The molecule has 31 heavy (non-hydrogen) atoms. The molecule has 0 radical (unpaired) electrons. The van der Waals surface area contributed by atoms with E-state index >= 15 is 0 Å². The summed E-state index contributed by atoms with van der Waals surface area (Å²) in [6, 6.07) is 15.8. The Hall–Kier alpha value is -3.28. The molecule has 2 amide bonds. The van der Waals surface area contributed by atoms with Crippen LogP contribution < -0.4 is 10.1 Å². The van der Waals surface area contributed by atoms with Crippen molar-refractivity contribution in [3.63, 3.8) is 0 Å². The van der Waals surface area contributed by atoms with E-state index in [1.807, 2.05) is 54.1 Å². The number of ether oxygens (including phenoxy) is 1. The van der Waals surface area contributed by atoms with Crippen LogP contribution in [0.3, 0.4) is 0 Å². The summed E-state index contributed by atoms with van der Waals surface area (Å²) in [5.41, 5.74) is 3.63. The van der Waals surface area contributed by atoms with E-state index < -0.39 is 0 Å². The topological polar surface area (TPSA) is 63.6 Å².